The highest BCUT2D eigenvalue weighted by molar-refractivity contribution is 6.30. The van der Waals surface area contributed by atoms with E-state index in [2.05, 4.69) is 10.3 Å². The monoisotopic (exact) mass is 484 g/mol. The standard InChI is InChI=1S/C29H25ClN2O3/c1-18-26(29(34)35-17-19-5-3-2-4-6-19)27(21-11-13-31-14-12-21)28-24(32-18)15-22(16-25(28)33)20-7-9-23(30)10-8-20/h2-14,22,27,32H,15-17H2,1H3/t22-,27+/m1/s1. The summed E-state index contributed by atoms with van der Waals surface area (Å²) >= 11 is 6.06. The lowest BCUT2D eigenvalue weighted by molar-refractivity contribution is -0.140. The molecule has 5 nitrogen and oxygen atoms in total. The number of benzene rings is 2. The number of carbonyl (C=O) groups is 2. The van der Waals surface area contributed by atoms with Crippen molar-refractivity contribution < 1.29 is 14.3 Å². The van der Waals surface area contributed by atoms with Gasteiger partial charge in [0.15, 0.2) is 5.78 Å². The van der Waals surface area contributed by atoms with Gasteiger partial charge in [-0.2, -0.15) is 0 Å². The predicted octanol–water partition coefficient (Wildman–Crippen LogP) is 5.84. The van der Waals surface area contributed by atoms with Gasteiger partial charge in [-0.1, -0.05) is 54.1 Å². The third kappa shape index (κ3) is 4.77. The number of halogens is 1. The van der Waals surface area contributed by atoms with E-state index in [1.54, 1.807) is 12.4 Å². The highest BCUT2D eigenvalue weighted by atomic mass is 35.5. The molecule has 0 radical (unpaired) electrons. The van der Waals surface area contributed by atoms with Crippen molar-refractivity contribution in [2.24, 2.45) is 0 Å². The molecule has 35 heavy (non-hydrogen) atoms. The number of esters is 1. The van der Waals surface area contributed by atoms with Gasteiger partial charge in [0, 0.05) is 46.7 Å². The number of rotatable bonds is 5. The van der Waals surface area contributed by atoms with Crippen LogP contribution >= 0.6 is 11.6 Å². The van der Waals surface area contributed by atoms with Gasteiger partial charge in [-0.05, 0) is 60.2 Å². The molecule has 6 heteroatoms. The Kier molecular flexibility index (Phi) is 6.51. The molecule has 1 aliphatic heterocycles. The van der Waals surface area contributed by atoms with Crippen LogP contribution in [0.1, 0.15) is 48.3 Å². The quantitative estimate of drug-likeness (QED) is 0.461. The third-order valence-electron chi connectivity index (χ3n) is 6.64. The van der Waals surface area contributed by atoms with Crippen LogP contribution in [0.5, 0.6) is 0 Å². The molecule has 0 unspecified atom stereocenters. The molecule has 2 aromatic carbocycles. The van der Waals surface area contributed by atoms with E-state index in [1.165, 1.54) is 0 Å². The minimum Gasteiger partial charge on any atom is -0.457 e. The van der Waals surface area contributed by atoms with Gasteiger partial charge in [0.05, 0.1) is 5.57 Å². The zero-order valence-electron chi connectivity index (χ0n) is 19.3. The average molecular weight is 485 g/mol. The molecular weight excluding hydrogens is 460 g/mol. The molecule has 176 valence electrons. The van der Waals surface area contributed by atoms with E-state index in [0.29, 0.717) is 34.7 Å². The molecule has 2 atom stereocenters. The number of aromatic nitrogens is 1. The number of nitrogens with one attached hydrogen (secondary N) is 1. The number of pyridine rings is 1. The molecule has 2 heterocycles. The molecule has 1 aromatic heterocycles. The van der Waals surface area contributed by atoms with E-state index in [0.717, 1.165) is 22.4 Å². The Bertz CT molecular complexity index is 1320. The summed E-state index contributed by atoms with van der Waals surface area (Å²) in [6.45, 7) is 2.03. The van der Waals surface area contributed by atoms with Crippen molar-refractivity contribution in [2.75, 3.05) is 0 Å². The summed E-state index contributed by atoms with van der Waals surface area (Å²) in [6.07, 6.45) is 4.41. The van der Waals surface area contributed by atoms with Crippen LogP contribution in [-0.2, 0) is 20.9 Å². The van der Waals surface area contributed by atoms with Crippen LogP contribution in [0.15, 0.2) is 102 Å². The molecule has 0 spiro atoms. The smallest absolute Gasteiger partial charge is 0.337 e. The second kappa shape index (κ2) is 9.88. The largest absolute Gasteiger partial charge is 0.457 e. The number of ether oxygens (including phenoxy) is 1. The van der Waals surface area contributed by atoms with Crippen LogP contribution in [0.25, 0.3) is 0 Å². The van der Waals surface area contributed by atoms with Crippen LogP contribution in [0, 0.1) is 0 Å². The Hall–Kier alpha value is -3.70. The van der Waals surface area contributed by atoms with Gasteiger partial charge in [-0.3, -0.25) is 9.78 Å². The Morgan fingerprint density at radius 2 is 1.71 bits per heavy atom. The van der Waals surface area contributed by atoms with Crippen molar-refractivity contribution in [3.8, 4) is 0 Å². The van der Waals surface area contributed by atoms with E-state index in [4.69, 9.17) is 16.3 Å². The van der Waals surface area contributed by atoms with Gasteiger partial charge in [0.1, 0.15) is 6.61 Å². The molecule has 1 aliphatic carbocycles. The first kappa shape index (κ1) is 23.1. The molecule has 5 rings (SSSR count). The van der Waals surface area contributed by atoms with Crippen LogP contribution in [-0.4, -0.2) is 16.7 Å². The third-order valence-corrected chi connectivity index (χ3v) is 6.89. The van der Waals surface area contributed by atoms with Crippen molar-refractivity contribution in [1.82, 2.24) is 10.3 Å². The van der Waals surface area contributed by atoms with E-state index >= 15 is 0 Å². The van der Waals surface area contributed by atoms with E-state index in [1.807, 2.05) is 73.7 Å². The van der Waals surface area contributed by atoms with E-state index in [9.17, 15) is 9.59 Å². The molecule has 2 aliphatic rings. The van der Waals surface area contributed by atoms with Crippen molar-refractivity contribution in [3.63, 3.8) is 0 Å². The fraction of sp³-hybridized carbons (Fsp3) is 0.207. The first-order valence-corrected chi connectivity index (χ1v) is 12.0. The second-order valence-corrected chi connectivity index (χ2v) is 9.35. The van der Waals surface area contributed by atoms with Crippen LogP contribution in [0.2, 0.25) is 5.02 Å². The Morgan fingerprint density at radius 3 is 2.43 bits per heavy atom. The van der Waals surface area contributed by atoms with Gasteiger partial charge in [-0.15, -0.1) is 0 Å². The van der Waals surface area contributed by atoms with Crippen molar-refractivity contribution in [3.05, 3.63) is 123 Å². The molecule has 0 bridgehead atoms. The highest BCUT2D eigenvalue weighted by Gasteiger charge is 2.41. The van der Waals surface area contributed by atoms with Gasteiger partial charge < -0.3 is 10.1 Å². The maximum Gasteiger partial charge on any atom is 0.337 e. The van der Waals surface area contributed by atoms with E-state index < -0.39 is 11.9 Å². The normalized spacial score (nSPS) is 19.8. The molecule has 0 saturated heterocycles. The molecule has 0 amide bonds. The number of carbonyl (C=O) groups excluding carboxylic acids is 2. The summed E-state index contributed by atoms with van der Waals surface area (Å²) in [5.74, 6) is -0.860. The minimum atomic E-state index is -0.504. The molecule has 1 N–H and O–H groups in total. The van der Waals surface area contributed by atoms with Gasteiger partial charge in [0.2, 0.25) is 0 Å². The number of hydrogen-bond donors (Lipinski definition) is 1. The zero-order valence-corrected chi connectivity index (χ0v) is 20.1. The first-order valence-electron chi connectivity index (χ1n) is 11.6. The Balaban J connectivity index is 1.49. The number of allylic oxidation sites excluding steroid dienone is 3. The van der Waals surface area contributed by atoms with Gasteiger partial charge >= 0.3 is 5.97 Å². The zero-order chi connectivity index (χ0) is 24.4. The van der Waals surface area contributed by atoms with Crippen molar-refractivity contribution in [2.45, 2.75) is 38.2 Å². The average Bonchev–Trinajstić information content (AvgIpc) is 2.88. The maximum atomic E-state index is 13.6. The van der Waals surface area contributed by atoms with Gasteiger partial charge in [0.25, 0.3) is 0 Å². The number of hydrogen-bond acceptors (Lipinski definition) is 5. The minimum absolute atomic E-state index is 0.0290. The summed E-state index contributed by atoms with van der Waals surface area (Å²) in [5, 5.41) is 4.05. The van der Waals surface area contributed by atoms with Crippen LogP contribution in [0.4, 0.5) is 0 Å². The fourth-order valence-electron chi connectivity index (χ4n) is 4.97. The fourth-order valence-corrected chi connectivity index (χ4v) is 5.10. The van der Waals surface area contributed by atoms with Crippen LogP contribution in [0.3, 0.4) is 0 Å². The number of dihydropyridines is 1. The Labute approximate surface area is 209 Å². The molecule has 0 saturated carbocycles. The lowest BCUT2D eigenvalue weighted by atomic mass is 9.72. The first-order chi connectivity index (χ1) is 17.0. The highest BCUT2D eigenvalue weighted by Crippen LogP contribution is 2.45. The summed E-state index contributed by atoms with van der Waals surface area (Å²) in [7, 11) is 0. The number of nitrogens with zero attached hydrogens (tertiary/aromatic N) is 1. The summed E-state index contributed by atoms with van der Waals surface area (Å²) in [5.41, 5.74) is 5.49. The summed E-state index contributed by atoms with van der Waals surface area (Å²) in [6, 6.07) is 20.9. The van der Waals surface area contributed by atoms with Crippen LogP contribution < -0.4 is 5.32 Å². The summed E-state index contributed by atoms with van der Waals surface area (Å²) in [4.78, 5) is 31.1. The maximum absolute atomic E-state index is 13.6. The summed E-state index contributed by atoms with van der Waals surface area (Å²) < 4.78 is 5.71. The predicted molar refractivity (Wildman–Crippen MR) is 135 cm³/mol. The topological polar surface area (TPSA) is 68.3 Å². The van der Waals surface area contributed by atoms with Crippen molar-refractivity contribution in [1.29, 1.82) is 0 Å². The molecular formula is C29H25ClN2O3. The van der Waals surface area contributed by atoms with Crippen molar-refractivity contribution >= 4 is 23.4 Å². The van der Waals surface area contributed by atoms with E-state index in [-0.39, 0.29) is 18.3 Å². The molecule has 0 fully saturated rings. The second-order valence-electron chi connectivity index (χ2n) is 8.91. The number of ketones is 1. The lowest BCUT2D eigenvalue weighted by Crippen LogP contribution is -2.36. The van der Waals surface area contributed by atoms with Gasteiger partial charge in [-0.25, -0.2) is 4.79 Å². The Morgan fingerprint density at radius 1 is 1.00 bits per heavy atom. The number of Topliss-reactive ketones (excluding diaryl/α,β-unsaturated/α-hetero) is 1. The SMILES string of the molecule is CC1=C(C(=O)OCc2ccccc2)[C@H](c2ccncc2)C2=C(C[C@@H](c3ccc(Cl)cc3)CC2=O)N1. The molecule has 3 aromatic rings. The lowest BCUT2D eigenvalue weighted by Gasteiger charge is -2.36.